The number of carbonyl (C=O) groups excluding carboxylic acids is 1. The van der Waals surface area contributed by atoms with Crippen LogP contribution in [0, 0.1) is 34.6 Å². The maximum absolute atomic E-state index is 15.4. The van der Waals surface area contributed by atoms with Crippen LogP contribution in [-0.4, -0.2) is 54.2 Å². The number of ether oxygens (including phenoxy) is 1. The maximum atomic E-state index is 15.4. The van der Waals surface area contributed by atoms with Crippen LogP contribution in [0.4, 0.5) is 5.69 Å². The summed E-state index contributed by atoms with van der Waals surface area (Å²) in [6, 6.07) is 18.8. The first-order valence-corrected chi connectivity index (χ1v) is 19.7. The van der Waals surface area contributed by atoms with Crippen molar-refractivity contribution in [3.05, 3.63) is 134 Å². The number of aryl methyl sites for hydroxylation is 6. The Balaban J connectivity index is 1.30. The summed E-state index contributed by atoms with van der Waals surface area (Å²) in [7, 11) is 0. The highest BCUT2D eigenvalue weighted by atomic mass is 35.5. The first kappa shape index (κ1) is 38.2. The molecule has 4 aromatic heterocycles. The molecule has 1 N–H and O–H groups in total. The number of pyridine rings is 1. The van der Waals surface area contributed by atoms with E-state index in [1.807, 2.05) is 94.1 Å². The van der Waals surface area contributed by atoms with Gasteiger partial charge in [-0.1, -0.05) is 35.3 Å². The minimum Gasteiger partial charge on any atom is -0.494 e. The fourth-order valence-electron chi connectivity index (χ4n) is 8.49. The number of aromatic nitrogens is 5. The van der Waals surface area contributed by atoms with Crippen molar-refractivity contribution >= 4 is 62.6 Å². The van der Waals surface area contributed by atoms with Crippen molar-refractivity contribution in [2.24, 2.45) is 0 Å². The first-order chi connectivity index (χ1) is 27.3. The molecule has 3 aromatic carbocycles. The van der Waals surface area contributed by atoms with Crippen LogP contribution >= 0.6 is 23.2 Å². The molecule has 0 aliphatic carbocycles. The Morgan fingerprint density at radius 1 is 0.912 bits per heavy atom. The van der Waals surface area contributed by atoms with Crippen molar-refractivity contribution in [1.82, 2.24) is 24.1 Å². The Hall–Kier alpha value is -5.71. The van der Waals surface area contributed by atoms with Gasteiger partial charge in [-0.3, -0.25) is 9.78 Å². The highest BCUT2D eigenvalue weighted by molar-refractivity contribution is 6.35. The smallest absolute Gasteiger partial charge is 0.352 e. The average molecular weight is 802 g/mol. The molecule has 0 unspecified atom stereocenters. The molecule has 0 spiro atoms. The van der Waals surface area contributed by atoms with E-state index in [2.05, 4.69) is 26.4 Å². The van der Waals surface area contributed by atoms with E-state index in [1.54, 1.807) is 23.2 Å². The van der Waals surface area contributed by atoms with Gasteiger partial charge in [0.2, 0.25) is 0 Å². The Morgan fingerprint density at radius 3 is 2.33 bits per heavy atom. The van der Waals surface area contributed by atoms with Crippen LogP contribution in [0.15, 0.2) is 73.2 Å². The van der Waals surface area contributed by atoms with E-state index >= 15 is 4.79 Å². The number of carbonyl (C=O) groups is 2. The third-order valence-electron chi connectivity index (χ3n) is 11.0. The summed E-state index contributed by atoms with van der Waals surface area (Å²) >= 11 is 13.5. The summed E-state index contributed by atoms with van der Waals surface area (Å²) < 4.78 is 10.2. The minimum absolute atomic E-state index is 0.121. The summed E-state index contributed by atoms with van der Waals surface area (Å²) in [5.74, 6) is -0.494. The van der Waals surface area contributed by atoms with E-state index in [4.69, 9.17) is 27.9 Å². The number of halogens is 2. The molecule has 0 radical (unpaired) electrons. The molecule has 8 rings (SSSR count). The zero-order chi connectivity index (χ0) is 40.3. The molecule has 1 atom stereocenters. The number of fused-ring (bicyclic) bond motifs is 4. The lowest BCUT2D eigenvalue weighted by molar-refractivity contribution is 0.0686. The highest BCUT2D eigenvalue weighted by Gasteiger charge is 2.38. The van der Waals surface area contributed by atoms with Crippen LogP contribution in [-0.2, 0) is 13.0 Å². The fraction of sp³-hybridized carbons (Fsp3) is 0.267. The second-order valence-electron chi connectivity index (χ2n) is 15.0. The van der Waals surface area contributed by atoms with Crippen LogP contribution in [0.2, 0.25) is 10.0 Å². The monoisotopic (exact) mass is 800 g/mol. The van der Waals surface area contributed by atoms with E-state index < -0.39 is 5.97 Å². The van der Waals surface area contributed by atoms with E-state index in [0.717, 1.165) is 71.8 Å². The number of hydrogen-bond donors (Lipinski definition) is 1. The van der Waals surface area contributed by atoms with Gasteiger partial charge in [0.25, 0.3) is 5.91 Å². The standard InChI is InChI=1S/C45H42Cl2N6O4/c1-24-16-30-20-37(45(55)56)51(22-31-10-7-8-14-48-31)41(30)36(17-24)52-21-27(4)53-42-34(12-13-35(46)39(42)38-28(5)49-23-50-29(38)6)33(43(53)44(52)54)11-9-15-57-32-18-25(2)40(47)26(3)19-32/h7-8,10,12-14,16-20,23,27H,9,11,15,21-22H2,1-6H3,(H,55,56)/t27-/m1/s1. The number of rotatable bonds is 10. The molecule has 5 heterocycles. The fourth-order valence-corrected chi connectivity index (χ4v) is 8.85. The lowest BCUT2D eigenvalue weighted by Crippen LogP contribution is -2.43. The van der Waals surface area contributed by atoms with Crippen LogP contribution in [0.5, 0.6) is 5.75 Å². The lowest BCUT2D eigenvalue weighted by atomic mass is 9.97. The molecule has 57 heavy (non-hydrogen) atoms. The number of anilines is 1. The molecule has 0 saturated carbocycles. The Bertz CT molecular complexity index is 2710. The number of benzene rings is 3. The summed E-state index contributed by atoms with van der Waals surface area (Å²) in [5, 5.41) is 13.3. The number of carboxylic acids is 1. The van der Waals surface area contributed by atoms with Crippen LogP contribution in [0.3, 0.4) is 0 Å². The Labute approximate surface area is 340 Å². The van der Waals surface area contributed by atoms with E-state index in [-0.39, 0.29) is 24.2 Å². The molecule has 1 aliphatic rings. The predicted octanol–water partition coefficient (Wildman–Crippen LogP) is 10.3. The molecular formula is C45H42Cl2N6O4. The maximum Gasteiger partial charge on any atom is 0.352 e. The van der Waals surface area contributed by atoms with Crippen molar-refractivity contribution in [3.8, 4) is 16.9 Å². The number of aromatic carboxylic acids is 1. The van der Waals surface area contributed by atoms with Gasteiger partial charge in [0.1, 0.15) is 23.5 Å². The van der Waals surface area contributed by atoms with E-state index in [9.17, 15) is 9.90 Å². The molecule has 10 nitrogen and oxygen atoms in total. The lowest BCUT2D eigenvalue weighted by Gasteiger charge is -2.35. The molecule has 0 bridgehead atoms. The largest absolute Gasteiger partial charge is 0.494 e. The quantitative estimate of drug-likeness (QED) is 0.137. The van der Waals surface area contributed by atoms with Crippen molar-refractivity contribution in [3.63, 3.8) is 0 Å². The molecule has 7 aromatic rings. The summed E-state index contributed by atoms with van der Waals surface area (Å²) in [6.07, 6.45) is 4.42. The van der Waals surface area contributed by atoms with E-state index in [1.165, 1.54) is 0 Å². The third kappa shape index (κ3) is 6.70. The molecular weight excluding hydrogens is 759 g/mol. The summed E-state index contributed by atoms with van der Waals surface area (Å²) in [4.78, 5) is 43.5. The molecule has 1 aliphatic heterocycles. The summed E-state index contributed by atoms with van der Waals surface area (Å²) in [6.45, 7) is 12.9. The van der Waals surface area contributed by atoms with Crippen LogP contribution in [0.1, 0.15) is 79.7 Å². The van der Waals surface area contributed by atoms with Gasteiger partial charge in [-0.15, -0.1) is 0 Å². The van der Waals surface area contributed by atoms with Crippen molar-refractivity contribution in [1.29, 1.82) is 0 Å². The minimum atomic E-state index is -1.06. The second-order valence-corrected chi connectivity index (χ2v) is 15.8. The highest BCUT2D eigenvalue weighted by Crippen LogP contribution is 2.45. The van der Waals surface area contributed by atoms with Gasteiger partial charge in [0.05, 0.1) is 40.6 Å². The first-order valence-electron chi connectivity index (χ1n) is 19.0. The van der Waals surface area contributed by atoms with Crippen molar-refractivity contribution in [2.75, 3.05) is 18.1 Å². The third-order valence-corrected chi connectivity index (χ3v) is 11.9. The molecule has 290 valence electrons. The Morgan fingerprint density at radius 2 is 1.65 bits per heavy atom. The second kappa shape index (κ2) is 15.0. The molecule has 12 heteroatoms. The van der Waals surface area contributed by atoms with Gasteiger partial charge in [-0.05, 0) is 125 Å². The predicted molar refractivity (Wildman–Crippen MR) is 226 cm³/mol. The van der Waals surface area contributed by atoms with Gasteiger partial charge in [0.15, 0.2) is 0 Å². The number of nitrogens with zero attached hydrogens (tertiary/aromatic N) is 6. The molecule has 1 amide bonds. The van der Waals surface area contributed by atoms with Crippen molar-refractivity contribution in [2.45, 2.75) is 67.0 Å². The van der Waals surface area contributed by atoms with Crippen LogP contribution < -0.4 is 9.64 Å². The van der Waals surface area contributed by atoms with E-state index in [0.29, 0.717) is 53.6 Å². The topological polar surface area (TPSA) is 115 Å². The summed E-state index contributed by atoms with van der Waals surface area (Å²) in [5.41, 5.74) is 10.5. The normalized spacial score (nSPS) is 14.1. The Kier molecular flexibility index (Phi) is 10.0. The number of amides is 1. The zero-order valence-electron chi connectivity index (χ0n) is 32.7. The number of carboxylic acid groups (broad SMARTS) is 1. The van der Waals surface area contributed by atoms with Gasteiger partial charge < -0.3 is 23.9 Å². The van der Waals surface area contributed by atoms with Gasteiger partial charge in [0, 0.05) is 57.1 Å². The van der Waals surface area contributed by atoms with Gasteiger partial charge in [-0.2, -0.15) is 0 Å². The molecule has 0 fully saturated rings. The number of hydrogen-bond acceptors (Lipinski definition) is 6. The average Bonchev–Trinajstić information content (AvgIpc) is 3.70. The van der Waals surface area contributed by atoms with Gasteiger partial charge >= 0.3 is 5.97 Å². The molecule has 0 saturated heterocycles. The van der Waals surface area contributed by atoms with Gasteiger partial charge in [-0.25, -0.2) is 14.8 Å². The van der Waals surface area contributed by atoms with Crippen molar-refractivity contribution < 1.29 is 19.4 Å². The van der Waals surface area contributed by atoms with Crippen LogP contribution in [0.25, 0.3) is 32.9 Å². The SMILES string of the molecule is Cc1cc(N2C[C@@H](C)n3c(c(CCCOc4cc(C)c(Cl)c(C)c4)c4ccc(Cl)c(-c5c(C)ncnc5C)c43)C2=O)c2c(c1)cc(C(=O)O)n2Cc1ccccn1. The zero-order valence-corrected chi connectivity index (χ0v) is 34.2.